The molecule has 2 aromatic heterocycles. The highest BCUT2D eigenvalue weighted by Gasteiger charge is 1.97. The highest BCUT2D eigenvalue weighted by atomic mass is 15.2. The average Bonchev–Trinajstić information content (AvgIpc) is 2.66. The quantitative estimate of drug-likeness (QED) is 0.801. The molecular weight excluding hydrogens is 190 g/mol. The summed E-state index contributed by atoms with van der Waals surface area (Å²) in [6.07, 6.45) is 7.86. The van der Waals surface area contributed by atoms with Crippen molar-refractivity contribution < 1.29 is 0 Å². The smallest absolute Gasteiger partial charge is 0.144 e. The van der Waals surface area contributed by atoms with Crippen LogP contribution in [0, 0.1) is 0 Å². The van der Waals surface area contributed by atoms with Crippen LogP contribution < -0.4 is 5.32 Å². The Balaban J connectivity index is 1.80. The maximum Gasteiger partial charge on any atom is 0.144 e. The van der Waals surface area contributed by atoms with E-state index in [1.165, 1.54) is 0 Å². The monoisotopic (exact) mass is 203 g/mol. The number of hydrogen-bond donors (Lipinski definition) is 1. The van der Waals surface area contributed by atoms with Crippen LogP contribution >= 0.6 is 0 Å². The minimum Gasteiger partial charge on any atom is -0.368 e. The summed E-state index contributed by atoms with van der Waals surface area (Å²) in [6, 6.07) is 2.01. The summed E-state index contributed by atoms with van der Waals surface area (Å²) in [5.41, 5.74) is 1.08. The highest BCUT2D eigenvalue weighted by Crippen LogP contribution is 1.99. The molecule has 0 aliphatic heterocycles. The molecule has 0 aliphatic rings. The van der Waals surface area contributed by atoms with Gasteiger partial charge in [0.25, 0.3) is 0 Å². The lowest BCUT2D eigenvalue weighted by Crippen LogP contribution is -2.07. The summed E-state index contributed by atoms with van der Waals surface area (Å²) in [7, 11) is 1.92. The van der Waals surface area contributed by atoms with Crippen LogP contribution in [-0.2, 0) is 13.5 Å². The van der Waals surface area contributed by atoms with Gasteiger partial charge in [-0.05, 0) is 6.07 Å². The number of aromatic nitrogens is 4. The topological polar surface area (TPSA) is 55.6 Å². The lowest BCUT2D eigenvalue weighted by Gasteiger charge is -2.02. The van der Waals surface area contributed by atoms with Gasteiger partial charge in [-0.3, -0.25) is 9.67 Å². The van der Waals surface area contributed by atoms with Gasteiger partial charge in [0.15, 0.2) is 0 Å². The van der Waals surface area contributed by atoms with E-state index in [-0.39, 0.29) is 0 Å². The minimum atomic E-state index is 0.799. The van der Waals surface area contributed by atoms with E-state index in [9.17, 15) is 0 Å². The molecule has 2 aromatic rings. The first-order valence-electron chi connectivity index (χ1n) is 4.83. The molecule has 0 fully saturated rings. The zero-order chi connectivity index (χ0) is 10.5. The van der Waals surface area contributed by atoms with E-state index in [0.29, 0.717) is 0 Å². The molecule has 0 saturated heterocycles. The normalized spacial score (nSPS) is 10.2. The fourth-order valence-corrected chi connectivity index (χ4v) is 1.31. The molecule has 0 bridgehead atoms. The molecule has 0 radical (unpaired) electrons. The van der Waals surface area contributed by atoms with Crippen LogP contribution in [0.25, 0.3) is 0 Å². The van der Waals surface area contributed by atoms with E-state index >= 15 is 0 Å². The average molecular weight is 203 g/mol. The molecule has 0 unspecified atom stereocenters. The fourth-order valence-electron chi connectivity index (χ4n) is 1.31. The molecule has 0 spiro atoms. The predicted octanol–water partition coefficient (Wildman–Crippen LogP) is 0.865. The van der Waals surface area contributed by atoms with Crippen LogP contribution in [0.4, 0.5) is 5.82 Å². The van der Waals surface area contributed by atoms with Gasteiger partial charge >= 0.3 is 0 Å². The summed E-state index contributed by atoms with van der Waals surface area (Å²) in [6.45, 7) is 0.815. The van der Waals surface area contributed by atoms with E-state index in [1.54, 1.807) is 23.3 Å². The third-order valence-electron chi connectivity index (χ3n) is 2.02. The van der Waals surface area contributed by atoms with E-state index in [0.717, 1.165) is 24.5 Å². The second-order valence-corrected chi connectivity index (χ2v) is 3.25. The summed E-state index contributed by atoms with van der Waals surface area (Å²) < 4.78 is 1.80. The number of aryl methyl sites for hydroxylation is 1. The highest BCUT2D eigenvalue weighted by molar-refractivity contribution is 5.29. The molecule has 78 valence electrons. The minimum absolute atomic E-state index is 0.799. The first-order chi connectivity index (χ1) is 7.34. The van der Waals surface area contributed by atoms with Crippen LogP contribution in [0.1, 0.15) is 5.69 Å². The van der Waals surface area contributed by atoms with Gasteiger partial charge in [-0.1, -0.05) is 0 Å². The Bertz CT molecular complexity index is 409. The fraction of sp³-hybridized carbons (Fsp3) is 0.300. The van der Waals surface area contributed by atoms with Crippen LogP contribution in [0.15, 0.2) is 30.9 Å². The van der Waals surface area contributed by atoms with Crippen molar-refractivity contribution in [3.05, 3.63) is 36.5 Å². The number of rotatable bonds is 4. The Hall–Kier alpha value is -1.91. The molecule has 0 aliphatic carbocycles. The molecule has 15 heavy (non-hydrogen) atoms. The third kappa shape index (κ3) is 2.77. The zero-order valence-corrected chi connectivity index (χ0v) is 8.59. The summed E-state index contributed by atoms with van der Waals surface area (Å²) >= 11 is 0. The zero-order valence-electron chi connectivity index (χ0n) is 8.59. The molecule has 1 N–H and O–H groups in total. The molecule has 5 heteroatoms. The van der Waals surface area contributed by atoms with Crippen LogP contribution in [0.5, 0.6) is 0 Å². The van der Waals surface area contributed by atoms with Gasteiger partial charge in [-0.15, -0.1) is 0 Å². The predicted molar refractivity (Wildman–Crippen MR) is 57.4 cm³/mol. The molecule has 5 nitrogen and oxygen atoms in total. The van der Waals surface area contributed by atoms with Gasteiger partial charge in [-0.2, -0.15) is 5.10 Å². The van der Waals surface area contributed by atoms with Crippen molar-refractivity contribution in [2.75, 3.05) is 11.9 Å². The Morgan fingerprint density at radius 1 is 1.40 bits per heavy atom. The number of nitrogens with one attached hydrogen (secondary N) is 1. The molecule has 0 saturated carbocycles. The Morgan fingerprint density at radius 3 is 3.00 bits per heavy atom. The van der Waals surface area contributed by atoms with Gasteiger partial charge in [-0.25, -0.2) is 4.98 Å². The molecule has 2 heterocycles. The van der Waals surface area contributed by atoms with Crippen molar-refractivity contribution in [3.63, 3.8) is 0 Å². The third-order valence-corrected chi connectivity index (χ3v) is 2.02. The maximum atomic E-state index is 4.28. The second-order valence-electron chi connectivity index (χ2n) is 3.25. The number of anilines is 1. The van der Waals surface area contributed by atoms with Crippen molar-refractivity contribution in [1.82, 2.24) is 19.7 Å². The largest absolute Gasteiger partial charge is 0.368 e. The van der Waals surface area contributed by atoms with E-state index in [2.05, 4.69) is 20.4 Å². The van der Waals surface area contributed by atoms with Crippen molar-refractivity contribution >= 4 is 5.82 Å². The summed E-state index contributed by atoms with van der Waals surface area (Å²) in [5.74, 6) is 0.799. The number of nitrogens with zero attached hydrogens (tertiary/aromatic N) is 4. The van der Waals surface area contributed by atoms with Crippen molar-refractivity contribution in [3.8, 4) is 0 Å². The Kier molecular flexibility index (Phi) is 2.92. The van der Waals surface area contributed by atoms with Crippen LogP contribution in [-0.4, -0.2) is 26.3 Å². The lowest BCUT2D eigenvalue weighted by atomic mass is 10.3. The van der Waals surface area contributed by atoms with Gasteiger partial charge < -0.3 is 5.32 Å². The van der Waals surface area contributed by atoms with E-state index in [4.69, 9.17) is 0 Å². The van der Waals surface area contributed by atoms with Crippen molar-refractivity contribution in [2.45, 2.75) is 6.42 Å². The Labute approximate surface area is 88.2 Å². The molecular formula is C10H13N5. The first kappa shape index (κ1) is 9.64. The van der Waals surface area contributed by atoms with Crippen molar-refractivity contribution in [2.24, 2.45) is 7.05 Å². The standard InChI is InChI=1S/C10H13N5/c1-15-7-3-9(14-15)2-4-12-10-8-11-5-6-13-10/h3,5-8H,2,4H2,1H3,(H,12,13). The Morgan fingerprint density at radius 2 is 2.33 bits per heavy atom. The second kappa shape index (κ2) is 4.54. The SMILES string of the molecule is Cn1ccc(CCNc2cnccn2)n1. The molecule has 0 aromatic carbocycles. The van der Waals surface area contributed by atoms with Gasteiger partial charge in [0.2, 0.25) is 0 Å². The van der Waals surface area contributed by atoms with E-state index in [1.807, 2.05) is 19.3 Å². The van der Waals surface area contributed by atoms with Crippen molar-refractivity contribution in [1.29, 1.82) is 0 Å². The molecule has 0 amide bonds. The molecule has 0 atom stereocenters. The van der Waals surface area contributed by atoms with Crippen LogP contribution in [0.3, 0.4) is 0 Å². The van der Waals surface area contributed by atoms with Gasteiger partial charge in [0, 0.05) is 38.6 Å². The van der Waals surface area contributed by atoms with Gasteiger partial charge in [0.05, 0.1) is 11.9 Å². The van der Waals surface area contributed by atoms with Gasteiger partial charge in [0.1, 0.15) is 5.82 Å². The number of hydrogen-bond acceptors (Lipinski definition) is 4. The lowest BCUT2D eigenvalue weighted by molar-refractivity contribution is 0.742. The summed E-state index contributed by atoms with van der Waals surface area (Å²) in [5, 5.41) is 7.46. The van der Waals surface area contributed by atoms with E-state index < -0.39 is 0 Å². The maximum absolute atomic E-state index is 4.28. The van der Waals surface area contributed by atoms with Crippen LogP contribution in [0.2, 0.25) is 0 Å². The molecule has 2 rings (SSSR count). The first-order valence-corrected chi connectivity index (χ1v) is 4.83. The summed E-state index contributed by atoms with van der Waals surface area (Å²) in [4.78, 5) is 8.09.